The van der Waals surface area contributed by atoms with Gasteiger partial charge in [0.25, 0.3) is 0 Å². The summed E-state index contributed by atoms with van der Waals surface area (Å²) < 4.78 is 10.6. The predicted octanol–water partition coefficient (Wildman–Crippen LogP) is 3.12. The van der Waals surface area contributed by atoms with Crippen LogP contribution < -0.4 is 14.8 Å². The summed E-state index contributed by atoms with van der Waals surface area (Å²) in [5.41, 5.74) is 2.41. The zero-order chi connectivity index (χ0) is 17.5. The average molecular weight is 329 g/mol. The Hall–Kier alpha value is -2.53. The third-order valence-corrected chi connectivity index (χ3v) is 3.82. The van der Waals surface area contributed by atoms with Crippen LogP contribution in [0, 0.1) is 0 Å². The fourth-order valence-electron chi connectivity index (χ4n) is 2.54. The highest BCUT2D eigenvalue weighted by Crippen LogP contribution is 2.27. The average Bonchev–Trinajstić information content (AvgIpc) is 2.60. The van der Waals surface area contributed by atoms with Gasteiger partial charge in [0.15, 0.2) is 11.5 Å². The van der Waals surface area contributed by atoms with Crippen molar-refractivity contribution in [3.63, 3.8) is 0 Å². The Labute approximate surface area is 142 Å². The van der Waals surface area contributed by atoms with Gasteiger partial charge in [0.2, 0.25) is 0 Å². The largest absolute Gasteiger partial charge is 0.493 e. The van der Waals surface area contributed by atoms with E-state index < -0.39 is 5.97 Å². The smallest absolute Gasteiger partial charge is 0.335 e. The first-order chi connectivity index (χ1) is 11.5. The maximum atomic E-state index is 11.0. The molecule has 0 aliphatic heterocycles. The van der Waals surface area contributed by atoms with Crippen molar-refractivity contribution < 1.29 is 19.4 Å². The molecule has 5 nitrogen and oxygen atoms in total. The number of methoxy groups -OCH3 is 2. The molecule has 0 spiro atoms. The molecule has 0 amide bonds. The Balaban J connectivity index is 1.95. The molecule has 0 aliphatic carbocycles. The normalized spacial score (nSPS) is 11.8. The monoisotopic (exact) mass is 329 g/mol. The highest BCUT2D eigenvalue weighted by Gasteiger charge is 2.09. The lowest BCUT2D eigenvalue weighted by atomic mass is 10.1. The van der Waals surface area contributed by atoms with Crippen molar-refractivity contribution in [3.8, 4) is 11.5 Å². The summed E-state index contributed by atoms with van der Waals surface area (Å²) in [7, 11) is 3.24. The van der Waals surface area contributed by atoms with Crippen molar-refractivity contribution in [2.45, 2.75) is 25.9 Å². The van der Waals surface area contributed by atoms with Gasteiger partial charge in [-0.2, -0.15) is 0 Å². The van der Waals surface area contributed by atoms with Crippen LogP contribution in [0.1, 0.15) is 28.4 Å². The van der Waals surface area contributed by atoms with Crippen LogP contribution in [0.25, 0.3) is 0 Å². The van der Waals surface area contributed by atoms with Crippen molar-refractivity contribution in [2.24, 2.45) is 0 Å². The van der Waals surface area contributed by atoms with E-state index in [1.54, 1.807) is 32.4 Å². The minimum Gasteiger partial charge on any atom is -0.493 e. The second kappa shape index (κ2) is 8.36. The van der Waals surface area contributed by atoms with Crippen LogP contribution in [0.3, 0.4) is 0 Å². The number of carbonyl (C=O) groups is 1. The van der Waals surface area contributed by atoms with Crippen LogP contribution in [0.2, 0.25) is 0 Å². The second-order valence-electron chi connectivity index (χ2n) is 5.68. The van der Waals surface area contributed by atoms with Crippen molar-refractivity contribution in [3.05, 3.63) is 59.2 Å². The molecule has 1 atom stereocenters. The van der Waals surface area contributed by atoms with Crippen LogP contribution in [0.5, 0.6) is 11.5 Å². The molecule has 0 bridgehead atoms. The zero-order valence-electron chi connectivity index (χ0n) is 14.2. The van der Waals surface area contributed by atoms with Gasteiger partial charge >= 0.3 is 5.97 Å². The second-order valence-corrected chi connectivity index (χ2v) is 5.68. The number of rotatable bonds is 8. The van der Waals surface area contributed by atoms with E-state index in [9.17, 15) is 4.79 Å². The molecule has 2 rings (SSSR count). The molecule has 2 aromatic carbocycles. The summed E-state index contributed by atoms with van der Waals surface area (Å²) in [5, 5.41) is 12.4. The lowest BCUT2D eigenvalue weighted by Gasteiger charge is -2.15. The summed E-state index contributed by atoms with van der Waals surface area (Å²) in [5.74, 6) is 0.527. The Morgan fingerprint density at radius 1 is 1.08 bits per heavy atom. The molecule has 0 heterocycles. The van der Waals surface area contributed by atoms with Crippen LogP contribution in [-0.4, -0.2) is 31.3 Å². The van der Waals surface area contributed by atoms with Gasteiger partial charge in [-0.15, -0.1) is 0 Å². The minimum atomic E-state index is -0.907. The lowest BCUT2D eigenvalue weighted by molar-refractivity contribution is 0.0696. The van der Waals surface area contributed by atoms with Gasteiger partial charge in [0.1, 0.15) is 0 Å². The summed E-state index contributed by atoms with van der Waals surface area (Å²) in [6.07, 6.45) is 0.832. The number of hydrogen-bond acceptors (Lipinski definition) is 4. The van der Waals surface area contributed by atoms with E-state index in [4.69, 9.17) is 14.6 Å². The molecular formula is C19H23NO4. The maximum absolute atomic E-state index is 11.0. The van der Waals surface area contributed by atoms with E-state index in [1.807, 2.05) is 24.3 Å². The molecular weight excluding hydrogens is 306 g/mol. The maximum Gasteiger partial charge on any atom is 0.335 e. The molecule has 0 saturated heterocycles. The summed E-state index contributed by atoms with van der Waals surface area (Å²) in [4.78, 5) is 11.0. The molecule has 0 saturated carbocycles. The number of benzene rings is 2. The molecule has 128 valence electrons. The molecule has 2 N–H and O–H groups in total. The molecule has 5 heteroatoms. The number of nitrogens with one attached hydrogen (secondary N) is 1. The van der Waals surface area contributed by atoms with Crippen LogP contribution in [-0.2, 0) is 13.0 Å². The third-order valence-electron chi connectivity index (χ3n) is 3.82. The quantitative estimate of drug-likeness (QED) is 0.779. The minimum absolute atomic E-state index is 0.233. The van der Waals surface area contributed by atoms with Gasteiger partial charge in [-0.3, -0.25) is 0 Å². The third kappa shape index (κ3) is 4.73. The number of aromatic carboxylic acids is 1. The summed E-state index contributed by atoms with van der Waals surface area (Å²) >= 11 is 0. The first-order valence-corrected chi connectivity index (χ1v) is 7.80. The van der Waals surface area contributed by atoms with E-state index in [1.165, 1.54) is 0 Å². The van der Waals surface area contributed by atoms with E-state index in [0.29, 0.717) is 17.9 Å². The molecule has 0 aromatic heterocycles. The highest BCUT2D eigenvalue weighted by molar-refractivity contribution is 5.87. The Morgan fingerprint density at radius 2 is 1.83 bits per heavy atom. The van der Waals surface area contributed by atoms with Gasteiger partial charge in [-0.1, -0.05) is 18.2 Å². The number of hydrogen-bond donors (Lipinski definition) is 2. The number of carboxylic acid groups (broad SMARTS) is 1. The molecule has 0 aliphatic rings. The topological polar surface area (TPSA) is 67.8 Å². The molecule has 0 radical (unpaired) electrons. The van der Waals surface area contributed by atoms with E-state index in [-0.39, 0.29) is 6.04 Å². The van der Waals surface area contributed by atoms with Gasteiger partial charge in [0, 0.05) is 12.6 Å². The first kappa shape index (κ1) is 17.8. The van der Waals surface area contributed by atoms with E-state index in [0.717, 1.165) is 23.3 Å². The van der Waals surface area contributed by atoms with Gasteiger partial charge in [-0.25, -0.2) is 4.79 Å². The van der Waals surface area contributed by atoms with Crippen molar-refractivity contribution in [1.82, 2.24) is 5.32 Å². The zero-order valence-corrected chi connectivity index (χ0v) is 14.2. The molecule has 2 aromatic rings. The fraction of sp³-hybridized carbons (Fsp3) is 0.316. The van der Waals surface area contributed by atoms with Crippen LogP contribution in [0.15, 0.2) is 42.5 Å². The fourth-order valence-corrected chi connectivity index (χ4v) is 2.54. The lowest BCUT2D eigenvalue weighted by Crippen LogP contribution is -2.27. The SMILES string of the molecule is COc1ccc(CC(C)NCc2cccc(C(=O)O)c2)cc1OC. The number of carboxylic acids is 1. The molecule has 24 heavy (non-hydrogen) atoms. The summed E-state index contributed by atoms with van der Waals surface area (Å²) in [6.45, 7) is 2.72. The van der Waals surface area contributed by atoms with E-state index in [2.05, 4.69) is 12.2 Å². The van der Waals surface area contributed by atoms with Crippen LogP contribution >= 0.6 is 0 Å². The Kier molecular flexibility index (Phi) is 6.21. The number of ether oxygens (including phenoxy) is 2. The van der Waals surface area contributed by atoms with Crippen molar-refractivity contribution in [1.29, 1.82) is 0 Å². The van der Waals surface area contributed by atoms with E-state index >= 15 is 0 Å². The Bertz CT molecular complexity index is 700. The predicted molar refractivity (Wildman–Crippen MR) is 93.0 cm³/mol. The van der Waals surface area contributed by atoms with Gasteiger partial charge in [-0.05, 0) is 48.7 Å². The van der Waals surface area contributed by atoms with Crippen molar-refractivity contribution in [2.75, 3.05) is 14.2 Å². The molecule has 0 fully saturated rings. The standard InChI is InChI=1S/C19H23NO4/c1-13(9-14-7-8-17(23-2)18(11-14)24-3)20-12-15-5-4-6-16(10-15)19(21)22/h4-8,10-11,13,20H,9,12H2,1-3H3,(H,21,22). The Morgan fingerprint density at radius 3 is 2.50 bits per heavy atom. The first-order valence-electron chi connectivity index (χ1n) is 7.80. The van der Waals surface area contributed by atoms with Gasteiger partial charge < -0.3 is 19.9 Å². The van der Waals surface area contributed by atoms with Crippen LogP contribution in [0.4, 0.5) is 0 Å². The summed E-state index contributed by atoms with van der Waals surface area (Å²) in [6, 6.07) is 13.1. The molecule has 1 unspecified atom stereocenters. The van der Waals surface area contributed by atoms with Gasteiger partial charge in [0.05, 0.1) is 19.8 Å². The van der Waals surface area contributed by atoms with Crippen molar-refractivity contribution >= 4 is 5.97 Å². The highest BCUT2D eigenvalue weighted by atomic mass is 16.5.